The number of carbonyl (C=O) groups is 3. The van der Waals surface area contributed by atoms with Crippen LogP contribution in [0.5, 0.6) is 0 Å². The Morgan fingerprint density at radius 3 is 2.26 bits per heavy atom. The molecular formula is C31H39N5O12P2. The Morgan fingerprint density at radius 2 is 1.70 bits per heavy atom. The van der Waals surface area contributed by atoms with Gasteiger partial charge in [0.25, 0.3) is 8.53 Å². The number of ether oxygens (including phenoxy) is 3. The van der Waals surface area contributed by atoms with E-state index in [0.717, 1.165) is 18.4 Å². The molecule has 50 heavy (non-hydrogen) atoms. The van der Waals surface area contributed by atoms with Gasteiger partial charge in [-0.05, 0) is 11.6 Å². The number of hydrogen-bond donors (Lipinski definition) is 2. The number of esters is 2. The maximum absolute atomic E-state index is 14.2. The zero-order chi connectivity index (χ0) is 36.7. The third-order valence-corrected chi connectivity index (χ3v) is 10.0. The number of nitriles is 1. The number of hydrogen-bond acceptors (Lipinski definition) is 15. The topological polar surface area (TPSA) is 216 Å². The number of rotatable bonds is 20. The Hall–Kier alpha value is -4.10. The number of amides is 1. The molecule has 2 aromatic rings. The van der Waals surface area contributed by atoms with Gasteiger partial charge in [0.1, 0.15) is 17.7 Å². The largest absolute Gasteiger partial charge is 0.456 e. The number of nitrogens with one attached hydrogen (secondary N) is 2. The molecule has 19 heteroatoms. The third kappa shape index (κ3) is 11.8. The van der Waals surface area contributed by atoms with E-state index in [1.54, 1.807) is 30.3 Å². The molecule has 0 radical (unpaired) electrons. The highest BCUT2D eigenvalue weighted by molar-refractivity contribution is 7.55. The molecule has 0 aliphatic carbocycles. The summed E-state index contributed by atoms with van der Waals surface area (Å²) in [5, 5.41) is 14.6. The molecule has 0 saturated carbocycles. The van der Waals surface area contributed by atoms with E-state index >= 15 is 0 Å². The number of aromatic nitrogens is 2. The molecule has 0 bridgehead atoms. The van der Waals surface area contributed by atoms with Gasteiger partial charge in [0.2, 0.25) is 5.91 Å². The molecule has 2 heterocycles. The predicted molar refractivity (Wildman–Crippen MR) is 179 cm³/mol. The van der Waals surface area contributed by atoms with Crippen molar-refractivity contribution in [2.45, 2.75) is 57.5 Å². The summed E-state index contributed by atoms with van der Waals surface area (Å²) in [5.41, 5.74) is -0.380. The summed E-state index contributed by atoms with van der Waals surface area (Å²) in [5.74, 6) is -3.14. The molecule has 1 amide bonds. The van der Waals surface area contributed by atoms with E-state index in [9.17, 15) is 23.7 Å². The highest BCUT2D eigenvalue weighted by atomic mass is 31.2. The van der Waals surface area contributed by atoms with Crippen molar-refractivity contribution in [2.24, 2.45) is 0 Å². The van der Waals surface area contributed by atoms with Gasteiger partial charge in [-0.1, -0.05) is 42.5 Å². The van der Waals surface area contributed by atoms with Crippen LogP contribution in [-0.4, -0.2) is 72.1 Å². The lowest BCUT2D eigenvalue weighted by Gasteiger charge is -2.30. The second-order valence-corrected chi connectivity index (χ2v) is 13.7. The van der Waals surface area contributed by atoms with Gasteiger partial charge >= 0.3 is 25.2 Å². The van der Waals surface area contributed by atoms with Crippen LogP contribution in [0.25, 0.3) is 0 Å². The van der Waals surface area contributed by atoms with Gasteiger partial charge in [0.15, 0.2) is 18.4 Å². The lowest BCUT2D eigenvalue weighted by Crippen LogP contribution is -2.41. The van der Waals surface area contributed by atoms with Crippen molar-refractivity contribution in [3.8, 4) is 6.07 Å². The average molecular weight is 736 g/mol. The van der Waals surface area contributed by atoms with Crippen molar-refractivity contribution in [1.29, 1.82) is 5.26 Å². The summed E-state index contributed by atoms with van der Waals surface area (Å²) in [6.07, 6.45) is -1.08. The molecule has 6 atom stereocenters. The number of benzene rings is 1. The fourth-order valence-corrected chi connectivity index (χ4v) is 8.06. The van der Waals surface area contributed by atoms with Crippen LogP contribution in [0.3, 0.4) is 0 Å². The van der Waals surface area contributed by atoms with Crippen LogP contribution >= 0.6 is 16.1 Å². The summed E-state index contributed by atoms with van der Waals surface area (Å²) in [7, 11) is -6.28. The Morgan fingerprint density at radius 1 is 1.06 bits per heavy atom. The Labute approximate surface area is 290 Å². The first kappa shape index (κ1) is 40.3. The maximum Gasteiger partial charge on any atom is 0.352 e. The monoisotopic (exact) mass is 735 g/mol. The van der Waals surface area contributed by atoms with Crippen molar-refractivity contribution >= 4 is 39.8 Å². The Kier molecular flexibility index (Phi) is 16.1. The molecule has 1 aromatic heterocycles. The van der Waals surface area contributed by atoms with Gasteiger partial charge in [-0.2, -0.15) is 10.2 Å². The van der Waals surface area contributed by atoms with Gasteiger partial charge in [0, 0.05) is 27.0 Å². The molecule has 2 N–H and O–H groups in total. The van der Waals surface area contributed by atoms with Gasteiger partial charge in [0.05, 0.1) is 38.9 Å². The first-order chi connectivity index (χ1) is 23.9. The molecule has 1 aliphatic heterocycles. The lowest BCUT2D eigenvalue weighted by molar-refractivity contribution is -0.165. The minimum absolute atomic E-state index is 0.0194. The molecule has 1 aromatic carbocycles. The second-order valence-electron chi connectivity index (χ2n) is 10.3. The lowest BCUT2D eigenvalue weighted by atomic mass is 10.1. The van der Waals surface area contributed by atoms with Gasteiger partial charge in [-0.25, -0.2) is 9.88 Å². The molecular weight excluding hydrogens is 696 g/mol. The van der Waals surface area contributed by atoms with Crippen LogP contribution in [0.1, 0.15) is 44.8 Å². The average Bonchev–Trinajstić information content (AvgIpc) is 3.38. The summed E-state index contributed by atoms with van der Waals surface area (Å²) >= 11 is 0. The van der Waals surface area contributed by atoms with Crippen molar-refractivity contribution in [3.63, 3.8) is 0 Å². The minimum atomic E-state index is -4.04. The second kappa shape index (κ2) is 19.9. The van der Waals surface area contributed by atoms with E-state index < -0.39 is 76.6 Å². The normalized spacial score (nSPS) is 19.8. The summed E-state index contributed by atoms with van der Waals surface area (Å²) in [6.45, 7) is 10.0. The standard InChI is InChI=1S/C31H39N5O12P2/c1-6-17-44-50(41,45-18-7-2)29(24-12-9-8-10-13-24)35-49(42-19-11-15-32)43-20-25-27(46-22(4)38)28(47-23(5)39)30(48-25)36-16-14-26(33-21(3)37)34-31(36)40/h6-10,12-14,16,25,27-30,35H,1-2,11,17-20H2,3-5H3,(H,33,34,37,40)/t25-,27-,28-,29-,30-,49?/m1/s1. The van der Waals surface area contributed by atoms with Crippen molar-refractivity contribution in [3.05, 3.63) is 84.0 Å². The molecule has 1 unspecified atom stereocenters. The smallest absolute Gasteiger partial charge is 0.352 e. The van der Waals surface area contributed by atoms with Crippen molar-refractivity contribution in [2.75, 3.05) is 31.7 Å². The van der Waals surface area contributed by atoms with Crippen LogP contribution in [0.4, 0.5) is 5.82 Å². The molecule has 270 valence electrons. The van der Waals surface area contributed by atoms with E-state index in [1.165, 1.54) is 31.3 Å². The summed E-state index contributed by atoms with van der Waals surface area (Å²) in [4.78, 5) is 52.7. The van der Waals surface area contributed by atoms with E-state index in [2.05, 4.69) is 28.5 Å². The zero-order valence-corrected chi connectivity index (χ0v) is 29.5. The molecule has 17 nitrogen and oxygen atoms in total. The quantitative estimate of drug-likeness (QED) is 0.0850. The maximum atomic E-state index is 14.2. The third-order valence-electron chi connectivity index (χ3n) is 6.48. The van der Waals surface area contributed by atoms with E-state index in [-0.39, 0.29) is 32.1 Å². The van der Waals surface area contributed by atoms with Gasteiger partial charge in [-0.3, -0.25) is 23.5 Å². The Bertz CT molecular complexity index is 1620. The van der Waals surface area contributed by atoms with Crippen LogP contribution in [0, 0.1) is 11.3 Å². The predicted octanol–water partition coefficient (Wildman–Crippen LogP) is 4.02. The molecule has 3 rings (SSSR count). The molecule has 1 saturated heterocycles. The molecule has 1 fully saturated rings. The van der Waals surface area contributed by atoms with E-state index in [0.29, 0.717) is 5.56 Å². The van der Waals surface area contributed by atoms with Gasteiger partial charge in [-0.15, -0.1) is 13.2 Å². The minimum Gasteiger partial charge on any atom is -0.456 e. The first-order valence-corrected chi connectivity index (χ1v) is 17.9. The number of anilines is 1. The van der Waals surface area contributed by atoms with Crippen LogP contribution in [0.2, 0.25) is 0 Å². The highest BCUT2D eigenvalue weighted by Gasteiger charge is 2.51. The Balaban J connectivity index is 1.98. The van der Waals surface area contributed by atoms with E-state index in [4.69, 9.17) is 37.6 Å². The van der Waals surface area contributed by atoms with Crippen LogP contribution in [0.15, 0.2) is 72.7 Å². The van der Waals surface area contributed by atoms with Crippen molar-refractivity contribution < 1.29 is 51.3 Å². The molecule has 1 aliphatic rings. The fourth-order valence-electron chi connectivity index (χ4n) is 4.56. The summed E-state index contributed by atoms with van der Waals surface area (Å²) < 4.78 is 55.7. The van der Waals surface area contributed by atoms with E-state index in [1.807, 2.05) is 6.07 Å². The molecule has 0 spiro atoms. The zero-order valence-electron chi connectivity index (χ0n) is 27.7. The summed E-state index contributed by atoms with van der Waals surface area (Å²) in [6, 6.07) is 11.9. The van der Waals surface area contributed by atoms with Gasteiger partial charge < -0.3 is 37.6 Å². The number of nitrogens with zero attached hydrogens (tertiary/aromatic N) is 3. The van der Waals surface area contributed by atoms with Crippen LogP contribution < -0.4 is 16.1 Å². The highest BCUT2D eigenvalue weighted by Crippen LogP contribution is 2.62. The number of carbonyl (C=O) groups excluding carboxylic acids is 3. The fraction of sp³-hybridized carbons (Fsp3) is 0.419. The first-order valence-electron chi connectivity index (χ1n) is 15.1. The van der Waals surface area contributed by atoms with Crippen LogP contribution in [-0.2, 0) is 51.3 Å². The van der Waals surface area contributed by atoms with Crippen molar-refractivity contribution in [1.82, 2.24) is 14.6 Å². The SMILES string of the molecule is C=CCOP(=O)(OCC=C)[C@@H](NP(OCCC#N)OC[C@H]1O[C@@H](n2ccc(NC(C)=O)nc2=O)[C@H](OC(C)=O)[C@@H]1OC(C)=O)c1ccccc1.